The third-order valence-electron chi connectivity index (χ3n) is 9.66. The summed E-state index contributed by atoms with van der Waals surface area (Å²) in [5.41, 5.74) is 12.8. The van der Waals surface area contributed by atoms with E-state index in [1.165, 1.54) is 33.0 Å². The number of hydrogen-bond acceptors (Lipinski definition) is 2. The number of anilines is 3. The number of rotatable bonds is 4. The number of hydrogen-bond donors (Lipinski definition) is 0. The quantitative estimate of drug-likeness (QED) is 0.207. The lowest BCUT2D eigenvalue weighted by Gasteiger charge is -2.28. The first-order valence-electron chi connectivity index (χ1n) is 15.6. The molecular weight excluding hydrogens is 546 g/mol. The molecule has 45 heavy (non-hydrogen) atoms. The van der Waals surface area contributed by atoms with Gasteiger partial charge in [-0.05, 0) is 81.1 Å². The van der Waals surface area contributed by atoms with Crippen LogP contribution in [0, 0.1) is 0 Å². The van der Waals surface area contributed by atoms with Crippen molar-refractivity contribution in [2.45, 2.75) is 19.3 Å². The number of benzene rings is 7. The van der Waals surface area contributed by atoms with Gasteiger partial charge in [0.25, 0.3) is 0 Å². The minimum atomic E-state index is -0.0773. The predicted octanol–water partition coefficient (Wildman–Crippen LogP) is 12.2. The summed E-state index contributed by atoms with van der Waals surface area (Å²) in [6, 6.07) is 54.7. The molecule has 2 heteroatoms. The molecule has 9 rings (SSSR count). The minimum absolute atomic E-state index is 0.0773. The lowest BCUT2D eigenvalue weighted by Crippen LogP contribution is -2.16. The molecular formula is C43H31NO. The maximum absolute atomic E-state index is 6.37. The molecule has 0 fully saturated rings. The SMILES string of the molecule is CC1(C)c2ccccc2-c2ccc(N(c3ccc(-c4cccc5c4oc4ccccc45)cc3)c3ccc4ccccc4c3)cc21. The zero-order valence-corrected chi connectivity index (χ0v) is 25.3. The zero-order chi connectivity index (χ0) is 30.1. The van der Waals surface area contributed by atoms with Crippen LogP contribution in [0.3, 0.4) is 0 Å². The second kappa shape index (κ2) is 9.70. The summed E-state index contributed by atoms with van der Waals surface area (Å²) in [7, 11) is 0. The Bertz CT molecular complexity index is 2410. The summed E-state index contributed by atoms with van der Waals surface area (Å²) < 4.78 is 6.37. The van der Waals surface area contributed by atoms with Crippen molar-refractivity contribution in [1.29, 1.82) is 0 Å². The van der Waals surface area contributed by atoms with Crippen LogP contribution in [0.4, 0.5) is 17.1 Å². The molecule has 214 valence electrons. The van der Waals surface area contributed by atoms with Gasteiger partial charge >= 0.3 is 0 Å². The first kappa shape index (κ1) is 25.9. The Hall–Kier alpha value is -5.60. The van der Waals surface area contributed by atoms with E-state index in [0.29, 0.717) is 0 Å². The largest absolute Gasteiger partial charge is 0.455 e. The maximum Gasteiger partial charge on any atom is 0.143 e. The van der Waals surface area contributed by atoms with Gasteiger partial charge < -0.3 is 9.32 Å². The molecule has 1 aromatic heterocycles. The van der Waals surface area contributed by atoms with Gasteiger partial charge in [0.15, 0.2) is 0 Å². The van der Waals surface area contributed by atoms with Crippen LogP contribution >= 0.6 is 0 Å². The van der Waals surface area contributed by atoms with Crippen molar-refractivity contribution >= 4 is 49.8 Å². The third-order valence-corrected chi connectivity index (χ3v) is 9.66. The average molecular weight is 578 g/mol. The van der Waals surface area contributed by atoms with E-state index < -0.39 is 0 Å². The predicted molar refractivity (Wildman–Crippen MR) is 189 cm³/mol. The number of fused-ring (bicyclic) bond motifs is 7. The molecule has 8 aromatic rings. The molecule has 0 amide bonds. The van der Waals surface area contributed by atoms with E-state index in [1.54, 1.807) is 0 Å². The fourth-order valence-electron chi connectivity index (χ4n) is 7.36. The summed E-state index contributed by atoms with van der Waals surface area (Å²) in [6.45, 7) is 4.69. The Labute approximate surface area is 262 Å². The Balaban J connectivity index is 1.19. The monoisotopic (exact) mass is 577 g/mol. The van der Waals surface area contributed by atoms with Crippen LogP contribution in [-0.2, 0) is 5.41 Å². The van der Waals surface area contributed by atoms with Crippen LogP contribution in [-0.4, -0.2) is 0 Å². The van der Waals surface area contributed by atoms with E-state index in [1.807, 2.05) is 12.1 Å². The molecule has 0 N–H and O–H groups in total. The van der Waals surface area contributed by atoms with Gasteiger partial charge in [0.05, 0.1) is 0 Å². The number of para-hydroxylation sites is 2. The maximum atomic E-state index is 6.37. The Morgan fingerprint density at radius 3 is 2.00 bits per heavy atom. The van der Waals surface area contributed by atoms with Gasteiger partial charge in [0, 0.05) is 38.8 Å². The smallest absolute Gasteiger partial charge is 0.143 e. The molecule has 0 atom stereocenters. The molecule has 0 radical (unpaired) electrons. The molecule has 0 saturated heterocycles. The Kier molecular flexibility index (Phi) is 5.58. The molecule has 0 saturated carbocycles. The van der Waals surface area contributed by atoms with E-state index in [9.17, 15) is 0 Å². The van der Waals surface area contributed by atoms with E-state index in [4.69, 9.17) is 4.42 Å². The van der Waals surface area contributed by atoms with Crippen molar-refractivity contribution < 1.29 is 4.42 Å². The van der Waals surface area contributed by atoms with Gasteiger partial charge in [-0.3, -0.25) is 0 Å². The van der Waals surface area contributed by atoms with Crippen molar-refractivity contribution in [3.8, 4) is 22.3 Å². The highest BCUT2D eigenvalue weighted by atomic mass is 16.3. The minimum Gasteiger partial charge on any atom is -0.455 e. The van der Waals surface area contributed by atoms with Crippen molar-refractivity contribution in [2.75, 3.05) is 4.90 Å². The van der Waals surface area contributed by atoms with E-state index in [-0.39, 0.29) is 5.41 Å². The zero-order valence-electron chi connectivity index (χ0n) is 25.3. The first-order valence-corrected chi connectivity index (χ1v) is 15.6. The van der Waals surface area contributed by atoms with Gasteiger partial charge in [-0.2, -0.15) is 0 Å². The molecule has 0 unspecified atom stereocenters. The van der Waals surface area contributed by atoms with E-state index in [0.717, 1.165) is 50.1 Å². The lowest BCUT2D eigenvalue weighted by molar-refractivity contribution is 0.660. The van der Waals surface area contributed by atoms with Crippen molar-refractivity contribution in [1.82, 2.24) is 0 Å². The standard InChI is InChI=1S/C43H31NO/c1-43(2)39-16-7-5-12-35(39)36-25-24-33(27-40(36)43)44(32-23-18-28-10-3-4-11-30(28)26-32)31-21-19-29(20-22-31)34-14-9-15-38-37-13-6-8-17-41(37)45-42(34)38/h3-27H,1-2H3. The van der Waals surface area contributed by atoms with Gasteiger partial charge in [-0.25, -0.2) is 0 Å². The van der Waals surface area contributed by atoms with Crippen LogP contribution in [0.15, 0.2) is 156 Å². The Morgan fingerprint density at radius 2 is 1.11 bits per heavy atom. The molecule has 1 aliphatic rings. The van der Waals surface area contributed by atoms with Crippen LogP contribution in [0.25, 0.3) is 55.0 Å². The van der Waals surface area contributed by atoms with Gasteiger partial charge in [-0.15, -0.1) is 0 Å². The molecule has 1 aliphatic carbocycles. The van der Waals surface area contributed by atoms with Crippen LogP contribution in [0.2, 0.25) is 0 Å². The topological polar surface area (TPSA) is 16.4 Å². The van der Waals surface area contributed by atoms with Gasteiger partial charge in [-0.1, -0.05) is 123 Å². The van der Waals surface area contributed by atoms with Crippen LogP contribution in [0.1, 0.15) is 25.0 Å². The first-order chi connectivity index (χ1) is 22.1. The normalized spacial score (nSPS) is 13.3. The number of furan rings is 1. The average Bonchev–Trinajstić information content (AvgIpc) is 3.58. The molecule has 2 nitrogen and oxygen atoms in total. The molecule has 0 spiro atoms. The summed E-state index contributed by atoms with van der Waals surface area (Å²) in [6.07, 6.45) is 0. The molecule has 0 bridgehead atoms. The highest BCUT2D eigenvalue weighted by Gasteiger charge is 2.35. The Morgan fingerprint density at radius 1 is 0.467 bits per heavy atom. The third kappa shape index (κ3) is 3.96. The molecule has 1 heterocycles. The van der Waals surface area contributed by atoms with Crippen LogP contribution in [0.5, 0.6) is 0 Å². The second-order valence-electron chi connectivity index (χ2n) is 12.6. The van der Waals surface area contributed by atoms with E-state index >= 15 is 0 Å². The van der Waals surface area contributed by atoms with Gasteiger partial charge in [0.2, 0.25) is 0 Å². The molecule has 0 aliphatic heterocycles. The summed E-state index contributed by atoms with van der Waals surface area (Å²) in [5.74, 6) is 0. The second-order valence-corrected chi connectivity index (χ2v) is 12.6. The highest BCUT2D eigenvalue weighted by molar-refractivity contribution is 6.09. The summed E-state index contributed by atoms with van der Waals surface area (Å²) in [4.78, 5) is 2.39. The summed E-state index contributed by atoms with van der Waals surface area (Å²) in [5, 5.41) is 4.75. The van der Waals surface area contributed by atoms with Gasteiger partial charge in [0.1, 0.15) is 11.2 Å². The van der Waals surface area contributed by atoms with Crippen molar-refractivity contribution in [3.63, 3.8) is 0 Å². The fourth-order valence-corrected chi connectivity index (χ4v) is 7.36. The number of nitrogens with zero attached hydrogens (tertiary/aromatic N) is 1. The van der Waals surface area contributed by atoms with Crippen LogP contribution < -0.4 is 4.90 Å². The lowest BCUT2D eigenvalue weighted by atomic mass is 9.82. The van der Waals surface area contributed by atoms with Crippen molar-refractivity contribution in [2.24, 2.45) is 0 Å². The highest BCUT2D eigenvalue weighted by Crippen LogP contribution is 2.50. The molecule has 7 aromatic carbocycles. The fraction of sp³-hybridized carbons (Fsp3) is 0.0698. The van der Waals surface area contributed by atoms with E-state index in [2.05, 4.69) is 158 Å². The van der Waals surface area contributed by atoms with Crippen molar-refractivity contribution in [3.05, 3.63) is 163 Å². The summed E-state index contributed by atoms with van der Waals surface area (Å²) >= 11 is 0.